The van der Waals surface area contributed by atoms with Crippen molar-refractivity contribution in [2.75, 3.05) is 26.2 Å². The standard InChI is InChI=1S/C14H21F3N2O/c1-2-19(11-14(15,16)17)9-8-13(20,10-18)12-6-4-3-5-7-12/h3-7,20H,2,8-11,18H2,1H3. The van der Waals surface area contributed by atoms with Crippen LogP contribution in [0.3, 0.4) is 0 Å². The molecule has 0 aliphatic carbocycles. The molecule has 0 radical (unpaired) electrons. The van der Waals surface area contributed by atoms with Gasteiger partial charge in [-0.1, -0.05) is 37.3 Å². The lowest BCUT2D eigenvalue weighted by molar-refractivity contribution is -0.147. The van der Waals surface area contributed by atoms with Crippen LogP contribution in [0.1, 0.15) is 18.9 Å². The molecule has 0 fully saturated rings. The van der Waals surface area contributed by atoms with E-state index in [0.29, 0.717) is 5.56 Å². The predicted octanol–water partition coefficient (Wildman–Crippen LogP) is 2.11. The van der Waals surface area contributed by atoms with Gasteiger partial charge in [0, 0.05) is 13.1 Å². The smallest absolute Gasteiger partial charge is 0.384 e. The van der Waals surface area contributed by atoms with Crippen LogP contribution in [-0.4, -0.2) is 42.4 Å². The van der Waals surface area contributed by atoms with Crippen molar-refractivity contribution < 1.29 is 18.3 Å². The summed E-state index contributed by atoms with van der Waals surface area (Å²) in [5.41, 5.74) is 4.94. The van der Waals surface area contributed by atoms with Crippen LogP contribution in [0.5, 0.6) is 0 Å². The summed E-state index contributed by atoms with van der Waals surface area (Å²) in [7, 11) is 0. The van der Waals surface area contributed by atoms with Crippen molar-refractivity contribution in [1.29, 1.82) is 0 Å². The number of hydrogen-bond donors (Lipinski definition) is 2. The molecular formula is C14H21F3N2O. The molecule has 3 N–H and O–H groups in total. The fourth-order valence-corrected chi connectivity index (χ4v) is 2.06. The minimum atomic E-state index is -4.23. The topological polar surface area (TPSA) is 49.5 Å². The third-order valence-electron chi connectivity index (χ3n) is 3.34. The van der Waals surface area contributed by atoms with Crippen molar-refractivity contribution in [3.05, 3.63) is 35.9 Å². The number of nitrogens with two attached hydrogens (primary N) is 1. The van der Waals surface area contributed by atoms with Gasteiger partial charge in [0.25, 0.3) is 0 Å². The van der Waals surface area contributed by atoms with Crippen LogP contribution in [0.4, 0.5) is 13.2 Å². The van der Waals surface area contributed by atoms with Gasteiger partial charge in [-0.05, 0) is 18.5 Å². The Bertz CT molecular complexity index is 397. The van der Waals surface area contributed by atoms with E-state index in [1.807, 2.05) is 6.07 Å². The molecule has 1 aromatic carbocycles. The second-order valence-electron chi connectivity index (χ2n) is 4.84. The first-order valence-corrected chi connectivity index (χ1v) is 6.58. The summed E-state index contributed by atoms with van der Waals surface area (Å²) >= 11 is 0. The maximum atomic E-state index is 12.4. The third kappa shape index (κ3) is 5.11. The lowest BCUT2D eigenvalue weighted by Crippen LogP contribution is -2.41. The molecule has 0 bridgehead atoms. The van der Waals surface area contributed by atoms with Gasteiger partial charge in [0.2, 0.25) is 0 Å². The van der Waals surface area contributed by atoms with Crippen LogP contribution in [0, 0.1) is 0 Å². The number of benzene rings is 1. The predicted molar refractivity (Wildman–Crippen MR) is 72.2 cm³/mol. The van der Waals surface area contributed by atoms with Crippen LogP contribution >= 0.6 is 0 Å². The van der Waals surface area contributed by atoms with Crippen molar-refractivity contribution in [1.82, 2.24) is 4.90 Å². The van der Waals surface area contributed by atoms with Crippen molar-refractivity contribution in [2.24, 2.45) is 5.73 Å². The molecule has 3 nitrogen and oxygen atoms in total. The van der Waals surface area contributed by atoms with Crippen LogP contribution < -0.4 is 5.73 Å². The van der Waals surface area contributed by atoms with E-state index in [1.54, 1.807) is 31.2 Å². The molecule has 114 valence electrons. The molecule has 1 rings (SSSR count). The van der Waals surface area contributed by atoms with Gasteiger partial charge in [0.1, 0.15) is 5.60 Å². The Balaban J connectivity index is 2.69. The summed E-state index contributed by atoms with van der Waals surface area (Å²) in [5.74, 6) is 0. The van der Waals surface area contributed by atoms with E-state index in [1.165, 1.54) is 4.90 Å². The Labute approximate surface area is 117 Å². The number of nitrogens with zero attached hydrogens (tertiary/aromatic N) is 1. The highest BCUT2D eigenvalue weighted by Crippen LogP contribution is 2.25. The Morgan fingerprint density at radius 3 is 2.25 bits per heavy atom. The largest absolute Gasteiger partial charge is 0.401 e. The zero-order valence-electron chi connectivity index (χ0n) is 11.5. The number of rotatable bonds is 7. The van der Waals surface area contributed by atoms with Gasteiger partial charge in [0.15, 0.2) is 0 Å². The maximum Gasteiger partial charge on any atom is 0.401 e. The van der Waals surface area contributed by atoms with Gasteiger partial charge in [-0.3, -0.25) is 4.90 Å². The molecular weight excluding hydrogens is 269 g/mol. The minimum absolute atomic E-state index is 0.0272. The monoisotopic (exact) mass is 290 g/mol. The number of aliphatic hydroxyl groups is 1. The zero-order valence-corrected chi connectivity index (χ0v) is 11.5. The normalized spacial score (nSPS) is 15.3. The van der Waals surface area contributed by atoms with E-state index in [-0.39, 0.29) is 26.1 Å². The second kappa shape index (κ2) is 7.06. The fourth-order valence-electron chi connectivity index (χ4n) is 2.06. The number of alkyl halides is 3. The van der Waals surface area contributed by atoms with Gasteiger partial charge < -0.3 is 10.8 Å². The van der Waals surface area contributed by atoms with Gasteiger partial charge in [0.05, 0.1) is 6.54 Å². The van der Waals surface area contributed by atoms with Gasteiger partial charge in [-0.15, -0.1) is 0 Å². The quantitative estimate of drug-likeness (QED) is 0.808. The minimum Gasteiger partial charge on any atom is -0.384 e. The van der Waals surface area contributed by atoms with Gasteiger partial charge in [-0.25, -0.2) is 0 Å². The fraction of sp³-hybridized carbons (Fsp3) is 0.571. The summed E-state index contributed by atoms with van der Waals surface area (Å²) in [6.07, 6.45) is -4.07. The highest BCUT2D eigenvalue weighted by Gasteiger charge is 2.32. The molecule has 0 aliphatic rings. The Morgan fingerprint density at radius 2 is 1.80 bits per heavy atom. The van der Waals surface area contributed by atoms with Crippen LogP contribution in [0.25, 0.3) is 0 Å². The molecule has 0 saturated heterocycles. The highest BCUT2D eigenvalue weighted by molar-refractivity contribution is 5.22. The molecule has 1 aromatic rings. The van der Waals surface area contributed by atoms with E-state index < -0.39 is 18.3 Å². The average molecular weight is 290 g/mol. The molecule has 0 amide bonds. The number of halogens is 3. The van der Waals surface area contributed by atoms with Crippen LogP contribution in [0.2, 0.25) is 0 Å². The molecule has 6 heteroatoms. The van der Waals surface area contributed by atoms with Crippen LogP contribution in [-0.2, 0) is 5.60 Å². The molecule has 0 heterocycles. The van der Waals surface area contributed by atoms with E-state index in [4.69, 9.17) is 5.73 Å². The third-order valence-corrected chi connectivity index (χ3v) is 3.34. The number of hydrogen-bond acceptors (Lipinski definition) is 3. The Kier molecular flexibility index (Phi) is 5.98. The molecule has 0 aliphatic heterocycles. The first-order valence-electron chi connectivity index (χ1n) is 6.58. The lowest BCUT2D eigenvalue weighted by atomic mass is 9.90. The second-order valence-corrected chi connectivity index (χ2v) is 4.84. The van der Waals surface area contributed by atoms with E-state index in [2.05, 4.69) is 0 Å². The molecule has 0 saturated carbocycles. The molecule has 1 unspecified atom stereocenters. The van der Waals surface area contributed by atoms with Gasteiger partial charge >= 0.3 is 6.18 Å². The summed E-state index contributed by atoms with van der Waals surface area (Å²) in [4.78, 5) is 1.25. The van der Waals surface area contributed by atoms with Gasteiger partial charge in [-0.2, -0.15) is 13.2 Å². The summed E-state index contributed by atoms with van der Waals surface area (Å²) in [5, 5.41) is 10.5. The zero-order chi connectivity index (χ0) is 15.2. The lowest BCUT2D eigenvalue weighted by Gasteiger charge is -2.30. The van der Waals surface area contributed by atoms with E-state index >= 15 is 0 Å². The average Bonchev–Trinajstić information content (AvgIpc) is 2.42. The SMILES string of the molecule is CCN(CCC(O)(CN)c1ccccc1)CC(F)(F)F. The molecule has 20 heavy (non-hydrogen) atoms. The summed E-state index contributed by atoms with van der Waals surface area (Å²) in [6.45, 7) is 1.07. The van der Waals surface area contributed by atoms with Crippen LogP contribution in [0.15, 0.2) is 30.3 Å². The molecule has 0 spiro atoms. The first kappa shape index (κ1) is 16.9. The van der Waals surface area contributed by atoms with Crippen molar-refractivity contribution in [2.45, 2.75) is 25.1 Å². The van der Waals surface area contributed by atoms with Crippen molar-refractivity contribution in [3.8, 4) is 0 Å². The maximum absolute atomic E-state index is 12.4. The molecule has 0 aromatic heterocycles. The molecule has 1 atom stereocenters. The van der Waals surface area contributed by atoms with Crippen molar-refractivity contribution in [3.63, 3.8) is 0 Å². The summed E-state index contributed by atoms with van der Waals surface area (Å²) < 4.78 is 37.2. The Morgan fingerprint density at radius 1 is 1.20 bits per heavy atom. The highest BCUT2D eigenvalue weighted by atomic mass is 19.4. The first-order chi connectivity index (χ1) is 9.30. The van der Waals surface area contributed by atoms with Crippen molar-refractivity contribution >= 4 is 0 Å². The summed E-state index contributed by atoms with van der Waals surface area (Å²) in [6, 6.07) is 8.80. The Hall–Kier alpha value is -1.11. The van der Waals surface area contributed by atoms with E-state index in [0.717, 1.165) is 0 Å². The van der Waals surface area contributed by atoms with E-state index in [9.17, 15) is 18.3 Å².